The van der Waals surface area contributed by atoms with E-state index in [4.69, 9.17) is 16.3 Å². The molecule has 31 heavy (non-hydrogen) atoms. The maximum Gasteiger partial charge on any atom is 0.240 e. The Kier molecular flexibility index (Phi) is 8.31. The highest BCUT2D eigenvalue weighted by Crippen LogP contribution is 2.26. The lowest BCUT2D eigenvalue weighted by atomic mass is 9.95. The zero-order valence-corrected chi connectivity index (χ0v) is 19.1. The summed E-state index contributed by atoms with van der Waals surface area (Å²) < 4.78 is 32.0. The van der Waals surface area contributed by atoms with Crippen LogP contribution in [0, 0.1) is 5.92 Å². The molecule has 7 nitrogen and oxygen atoms in total. The summed E-state index contributed by atoms with van der Waals surface area (Å²) in [4.78, 5) is 15.1. The average molecular weight is 466 g/mol. The molecule has 0 aromatic heterocycles. The van der Waals surface area contributed by atoms with Crippen molar-refractivity contribution in [3.63, 3.8) is 0 Å². The lowest BCUT2D eigenvalue weighted by Crippen LogP contribution is -2.38. The second-order valence-corrected chi connectivity index (χ2v) is 9.70. The number of halogens is 1. The summed E-state index contributed by atoms with van der Waals surface area (Å²) in [7, 11) is -2.00. The Hall–Kier alpha value is -2.13. The van der Waals surface area contributed by atoms with Crippen molar-refractivity contribution >= 4 is 38.9 Å². The van der Waals surface area contributed by atoms with Crippen LogP contribution in [0.5, 0.6) is 0 Å². The number of nitrogens with one attached hydrogen (secondary N) is 2. The highest BCUT2D eigenvalue weighted by molar-refractivity contribution is 7.89. The first-order valence-electron chi connectivity index (χ1n) is 10.3. The molecule has 1 fully saturated rings. The van der Waals surface area contributed by atoms with Crippen LogP contribution in [-0.2, 0) is 19.6 Å². The Morgan fingerprint density at radius 3 is 2.52 bits per heavy atom. The summed E-state index contributed by atoms with van der Waals surface area (Å²) in [5.74, 6) is -0.125. The number of amides is 1. The van der Waals surface area contributed by atoms with Gasteiger partial charge in [-0.05, 0) is 61.7 Å². The molecule has 1 aliphatic heterocycles. The minimum Gasteiger partial charge on any atom is -0.385 e. The molecule has 1 amide bonds. The molecule has 0 atom stereocenters. The third kappa shape index (κ3) is 6.67. The van der Waals surface area contributed by atoms with Crippen LogP contribution in [0.2, 0.25) is 5.02 Å². The van der Waals surface area contributed by atoms with E-state index < -0.39 is 10.0 Å². The monoisotopic (exact) mass is 465 g/mol. The van der Waals surface area contributed by atoms with Gasteiger partial charge in [0.2, 0.25) is 15.9 Å². The molecule has 0 saturated carbocycles. The molecule has 168 valence electrons. The zero-order valence-electron chi connectivity index (χ0n) is 17.5. The number of benzene rings is 2. The number of piperidine rings is 1. The van der Waals surface area contributed by atoms with Crippen LogP contribution in [0.1, 0.15) is 19.3 Å². The molecule has 3 rings (SSSR count). The Labute approximate surface area is 188 Å². The summed E-state index contributed by atoms with van der Waals surface area (Å²) >= 11 is 6.07. The van der Waals surface area contributed by atoms with Crippen molar-refractivity contribution < 1.29 is 17.9 Å². The van der Waals surface area contributed by atoms with E-state index in [1.54, 1.807) is 19.2 Å². The second-order valence-electron chi connectivity index (χ2n) is 7.50. The van der Waals surface area contributed by atoms with Gasteiger partial charge in [-0.3, -0.25) is 4.79 Å². The van der Waals surface area contributed by atoms with Crippen molar-refractivity contribution in [2.45, 2.75) is 24.2 Å². The van der Waals surface area contributed by atoms with Crippen LogP contribution < -0.4 is 14.9 Å². The third-order valence-corrected chi connectivity index (χ3v) is 7.00. The summed E-state index contributed by atoms with van der Waals surface area (Å²) in [6.07, 6.45) is 2.09. The van der Waals surface area contributed by atoms with Crippen molar-refractivity contribution in [2.75, 3.05) is 43.6 Å². The largest absolute Gasteiger partial charge is 0.385 e. The molecule has 1 heterocycles. The number of nitrogens with zero attached hydrogens (tertiary/aromatic N) is 1. The molecule has 0 spiro atoms. The van der Waals surface area contributed by atoms with Gasteiger partial charge in [0.05, 0.1) is 4.90 Å². The maximum absolute atomic E-state index is 12.7. The van der Waals surface area contributed by atoms with Gasteiger partial charge in [0.25, 0.3) is 0 Å². The van der Waals surface area contributed by atoms with Crippen molar-refractivity contribution in [2.24, 2.45) is 5.92 Å². The van der Waals surface area contributed by atoms with E-state index in [-0.39, 0.29) is 16.7 Å². The molecular formula is C22H28ClN3O4S. The fraction of sp³-hybridized carbons (Fsp3) is 0.409. The number of hydrogen-bond donors (Lipinski definition) is 2. The van der Waals surface area contributed by atoms with Crippen LogP contribution in [0.15, 0.2) is 53.4 Å². The molecule has 1 saturated heterocycles. The average Bonchev–Trinajstić information content (AvgIpc) is 2.77. The molecule has 2 aromatic rings. The van der Waals surface area contributed by atoms with Crippen molar-refractivity contribution in [1.29, 1.82) is 0 Å². The van der Waals surface area contributed by atoms with Crippen LogP contribution >= 0.6 is 11.6 Å². The van der Waals surface area contributed by atoms with E-state index in [9.17, 15) is 13.2 Å². The fourth-order valence-corrected chi connectivity index (χ4v) is 4.80. The molecule has 1 aliphatic rings. The van der Waals surface area contributed by atoms with Crippen LogP contribution in [0.25, 0.3) is 0 Å². The molecule has 2 aromatic carbocycles. The van der Waals surface area contributed by atoms with Crippen LogP contribution in [0.3, 0.4) is 0 Å². The predicted molar refractivity (Wildman–Crippen MR) is 123 cm³/mol. The first-order chi connectivity index (χ1) is 14.9. The van der Waals surface area contributed by atoms with Gasteiger partial charge >= 0.3 is 0 Å². The SMILES string of the molecule is COCCCNS(=O)(=O)c1ccc(NC(=O)C2CCN(c3cccc(Cl)c3)CC2)cc1. The lowest BCUT2D eigenvalue weighted by molar-refractivity contribution is -0.120. The fourth-order valence-electron chi connectivity index (χ4n) is 3.54. The Bertz CT molecular complexity index is 975. The van der Waals surface area contributed by atoms with Gasteiger partial charge in [-0.15, -0.1) is 0 Å². The molecule has 9 heteroatoms. The molecule has 2 N–H and O–H groups in total. The summed E-state index contributed by atoms with van der Waals surface area (Å²) in [6, 6.07) is 13.9. The molecule has 0 unspecified atom stereocenters. The number of methoxy groups -OCH3 is 1. The number of ether oxygens (including phenoxy) is 1. The molecular weight excluding hydrogens is 438 g/mol. The van der Waals surface area contributed by atoms with Gasteiger partial charge in [0.15, 0.2) is 0 Å². The number of carbonyl (C=O) groups is 1. The quantitative estimate of drug-likeness (QED) is 0.553. The normalized spacial score (nSPS) is 15.1. The number of rotatable bonds is 9. The van der Waals surface area contributed by atoms with E-state index >= 15 is 0 Å². The van der Waals surface area contributed by atoms with Gasteiger partial charge in [-0.1, -0.05) is 17.7 Å². The van der Waals surface area contributed by atoms with E-state index in [1.165, 1.54) is 12.1 Å². The number of sulfonamides is 1. The minimum absolute atomic E-state index is 0.0426. The number of hydrogen-bond acceptors (Lipinski definition) is 5. The van der Waals surface area contributed by atoms with Crippen LogP contribution in [-0.4, -0.2) is 47.7 Å². The van der Waals surface area contributed by atoms with E-state index in [1.807, 2.05) is 24.3 Å². The summed E-state index contributed by atoms with van der Waals surface area (Å²) in [6.45, 7) is 2.36. The van der Waals surface area contributed by atoms with E-state index in [0.717, 1.165) is 31.6 Å². The topological polar surface area (TPSA) is 87.7 Å². The van der Waals surface area contributed by atoms with Gasteiger partial charge in [0.1, 0.15) is 0 Å². The third-order valence-electron chi connectivity index (χ3n) is 5.29. The van der Waals surface area contributed by atoms with Gasteiger partial charge in [0, 0.05) is 55.7 Å². The first-order valence-corrected chi connectivity index (χ1v) is 12.2. The molecule has 0 aliphatic carbocycles. The van der Waals surface area contributed by atoms with Gasteiger partial charge in [-0.25, -0.2) is 13.1 Å². The van der Waals surface area contributed by atoms with Crippen molar-refractivity contribution in [1.82, 2.24) is 4.72 Å². The Morgan fingerprint density at radius 1 is 1.16 bits per heavy atom. The molecule has 0 radical (unpaired) electrons. The number of carbonyl (C=O) groups excluding carboxylic acids is 1. The highest BCUT2D eigenvalue weighted by atomic mass is 35.5. The lowest BCUT2D eigenvalue weighted by Gasteiger charge is -2.33. The molecule has 0 bridgehead atoms. The predicted octanol–water partition coefficient (Wildman–Crippen LogP) is 3.51. The Balaban J connectivity index is 1.51. The summed E-state index contributed by atoms with van der Waals surface area (Å²) in [5, 5.41) is 3.61. The van der Waals surface area contributed by atoms with Crippen molar-refractivity contribution in [3.8, 4) is 0 Å². The maximum atomic E-state index is 12.7. The van der Waals surface area contributed by atoms with E-state index in [2.05, 4.69) is 14.9 Å². The van der Waals surface area contributed by atoms with Gasteiger partial charge < -0.3 is 15.0 Å². The van der Waals surface area contributed by atoms with E-state index in [0.29, 0.717) is 30.3 Å². The summed E-state index contributed by atoms with van der Waals surface area (Å²) in [5.41, 5.74) is 1.65. The van der Waals surface area contributed by atoms with Gasteiger partial charge in [-0.2, -0.15) is 0 Å². The standard InChI is InChI=1S/C22H28ClN3O4S/c1-30-15-3-12-24-31(28,29)21-8-6-19(7-9-21)25-22(27)17-10-13-26(14-11-17)20-5-2-4-18(23)16-20/h2,4-9,16-17,24H,3,10-15H2,1H3,(H,25,27). The minimum atomic E-state index is -3.58. The van der Waals surface area contributed by atoms with Crippen molar-refractivity contribution in [3.05, 3.63) is 53.6 Å². The Morgan fingerprint density at radius 2 is 1.87 bits per heavy atom. The second kappa shape index (κ2) is 10.9. The zero-order chi connectivity index (χ0) is 22.3. The van der Waals surface area contributed by atoms with Crippen LogP contribution in [0.4, 0.5) is 11.4 Å². The highest BCUT2D eigenvalue weighted by Gasteiger charge is 2.25. The smallest absolute Gasteiger partial charge is 0.240 e. The number of anilines is 2. The first kappa shape index (κ1) is 23.5.